The van der Waals surface area contributed by atoms with Crippen LogP contribution in [0.3, 0.4) is 0 Å². The summed E-state index contributed by atoms with van der Waals surface area (Å²) in [5.41, 5.74) is 6.22. The Bertz CT molecular complexity index is 2300. The molecule has 8 rings (SSSR count). The molecule has 1 heterocycles. The predicted octanol–water partition coefficient (Wildman–Crippen LogP) is 10.8. The van der Waals surface area contributed by atoms with Gasteiger partial charge in [0.1, 0.15) is 50.3 Å². The SMILES string of the molecule is O=C1Cc2c(OCc3ccccc3)cc(OCc3ccccc3)cc2O[C@@H]1c1cc(OCc2ccccc2)c(OCc2ccccc2)c(OCc2ccccc2)c1. The maximum atomic E-state index is 14.2. The van der Waals surface area contributed by atoms with Gasteiger partial charge in [0.2, 0.25) is 5.75 Å². The average molecular weight is 755 g/mol. The monoisotopic (exact) mass is 754 g/mol. The van der Waals surface area contributed by atoms with Gasteiger partial charge in [0, 0.05) is 29.7 Å². The molecule has 0 aromatic heterocycles. The number of ether oxygens (including phenoxy) is 6. The van der Waals surface area contributed by atoms with E-state index in [9.17, 15) is 4.79 Å². The molecule has 0 aliphatic carbocycles. The Morgan fingerprint density at radius 1 is 0.439 bits per heavy atom. The first kappa shape index (κ1) is 37.0. The molecule has 0 amide bonds. The summed E-state index contributed by atoms with van der Waals surface area (Å²) in [4.78, 5) is 14.2. The fourth-order valence-electron chi connectivity index (χ4n) is 6.58. The van der Waals surface area contributed by atoms with Crippen molar-refractivity contribution in [3.05, 3.63) is 215 Å². The molecule has 7 aromatic carbocycles. The summed E-state index contributed by atoms with van der Waals surface area (Å²) in [7, 11) is 0. The third-order valence-corrected chi connectivity index (χ3v) is 9.56. The van der Waals surface area contributed by atoms with Crippen LogP contribution in [0.25, 0.3) is 0 Å². The highest BCUT2D eigenvalue weighted by molar-refractivity contribution is 5.90. The van der Waals surface area contributed by atoms with Crippen molar-refractivity contribution < 1.29 is 33.2 Å². The summed E-state index contributed by atoms with van der Waals surface area (Å²) in [6, 6.07) is 56.9. The fourth-order valence-corrected chi connectivity index (χ4v) is 6.58. The zero-order chi connectivity index (χ0) is 38.7. The Balaban J connectivity index is 1.15. The van der Waals surface area contributed by atoms with Crippen molar-refractivity contribution in [2.24, 2.45) is 0 Å². The molecule has 0 spiro atoms. The van der Waals surface area contributed by atoms with Crippen LogP contribution < -0.4 is 28.4 Å². The van der Waals surface area contributed by atoms with E-state index >= 15 is 0 Å². The van der Waals surface area contributed by atoms with Gasteiger partial charge in [-0.05, 0) is 39.9 Å². The summed E-state index contributed by atoms with van der Waals surface area (Å²) >= 11 is 0. The molecule has 7 nitrogen and oxygen atoms in total. The number of ketones is 1. The minimum Gasteiger partial charge on any atom is -0.489 e. The number of carbonyl (C=O) groups excluding carboxylic acids is 1. The number of hydrogen-bond donors (Lipinski definition) is 0. The molecule has 0 fully saturated rings. The van der Waals surface area contributed by atoms with Crippen molar-refractivity contribution >= 4 is 5.78 Å². The van der Waals surface area contributed by atoms with E-state index < -0.39 is 6.10 Å². The highest BCUT2D eigenvalue weighted by Gasteiger charge is 2.34. The van der Waals surface area contributed by atoms with Crippen LogP contribution in [0.5, 0.6) is 34.5 Å². The second kappa shape index (κ2) is 18.1. The van der Waals surface area contributed by atoms with Crippen LogP contribution >= 0.6 is 0 Å². The Kier molecular flexibility index (Phi) is 11.7. The Morgan fingerprint density at radius 3 is 1.26 bits per heavy atom. The van der Waals surface area contributed by atoms with Gasteiger partial charge in [-0.25, -0.2) is 0 Å². The molecule has 7 aromatic rings. The van der Waals surface area contributed by atoms with E-state index in [-0.39, 0.29) is 32.0 Å². The molecule has 0 saturated heterocycles. The highest BCUT2D eigenvalue weighted by Crippen LogP contribution is 2.46. The van der Waals surface area contributed by atoms with E-state index in [1.165, 1.54) is 0 Å². The molecule has 7 heteroatoms. The van der Waals surface area contributed by atoms with Crippen LogP contribution in [0, 0.1) is 0 Å². The second-order valence-electron chi connectivity index (χ2n) is 13.8. The van der Waals surface area contributed by atoms with Gasteiger partial charge in [-0.15, -0.1) is 0 Å². The van der Waals surface area contributed by atoms with Gasteiger partial charge in [0.25, 0.3) is 0 Å². The molecule has 0 bridgehead atoms. The Labute approximate surface area is 333 Å². The zero-order valence-electron chi connectivity index (χ0n) is 31.4. The lowest BCUT2D eigenvalue weighted by molar-refractivity contribution is -0.126. The van der Waals surface area contributed by atoms with Crippen LogP contribution in [0.4, 0.5) is 0 Å². The molecular weight excluding hydrogens is 713 g/mol. The number of Topliss-reactive ketones (excluding diaryl/α,β-unsaturated/α-hetero) is 1. The predicted molar refractivity (Wildman–Crippen MR) is 219 cm³/mol. The lowest BCUT2D eigenvalue weighted by Crippen LogP contribution is -2.26. The van der Waals surface area contributed by atoms with Crippen molar-refractivity contribution in [3.63, 3.8) is 0 Å². The number of carbonyl (C=O) groups is 1. The van der Waals surface area contributed by atoms with Crippen LogP contribution in [-0.4, -0.2) is 5.78 Å². The first-order valence-electron chi connectivity index (χ1n) is 19.0. The van der Waals surface area contributed by atoms with Crippen LogP contribution in [0.1, 0.15) is 45.0 Å². The second-order valence-corrected chi connectivity index (χ2v) is 13.8. The molecule has 0 N–H and O–H groups in total. The third-order valence-electron chi connectivity index (χ3n) is 9.56. The Morgan fingerprint density at radius 2 is 0.825 bits per heavy atom. The van der Waals surface area contributed by atoms with Gasteiger partial charge < -0.3 is 28.4 Å². The molecule has 0 unspecified atom stereocenters. The number of fused-ring (bicyclic) bond motifs is 1. The van der Waals surface area contributed by atoms with Crippen LogP contribution in [-0.2, 0) is 44.2 Å². The number of benzene rings is 7. The summed E-state index contributed by atoms with van der Waals surface area (Å²) < 4.78 is 38.8. The third kappa shape index (κ3) is 9.64. The largest absolute Gasteiger partial charge is 0.489 e. The van der Waals surface area contributed by atoms with E-state index in [2.05, 4.69) is 0 Å². The molecule has 1 atom stereocenters. The van der Waals surface area contributed by atoms with Gasteiger partial charge in [0.05, 0.1) is 0 Å². The first-order valence-corrected chi connectivity index (χ1v) is 19.0. The molecule has 57 heavy (non-hydrogen) atoms. The molecule has 1 aliphatic rings. The molecule has 1 aliphatic heterocycles. The highest BCUT2D eigenvalue weighted by atomic mass is 16.5. The van der Waals surface area contributed by atoms with Gasteiger partial charge in [-0.3, -0.25) is 4.79 Å². The summed E-state index contributed by atoms with van der Waals surface area (Å²) in [5, 5.41) is 0. The first-order chi connectivity index (χ1) is 28.1. The maximum Gasteiger partial charge on any atom is 0.203 e. The van der Waals surface area contributed by atoms with Crippen molar-refractivity contribution in [2.45, 2.75) is 45.6 Å². The maximum absolute atomic E-state index is 14.2. The van der Waals surface area contributed by atoms with Crippen molar-refractivity contribution in [3.8, 4) is 34.5 Å². The lowest BCUT2D eigenvalue weighted by atomic mass is 9.94. The standard InChI is InChI=1S/C50H42O7/c51-44-30-43-45(53-32-37-18-8-2-9-19-37)28-42(52-31-36-16-6-1-7-17-36)29-46(43)57-49(44)41-26-47(54-33-38-20-10-3-11-21-38)50(56-35-40-24-14-5-15-25-40)48(27-41)55-34-39-22-12-4-13-23-39/h1-29,49H,30-35H2/t49-/m1/s1. The Hall–Kier alpha value is -6.99. The summed E-state index contributed by atoms with van der Waals surface area (Å²) in [6.07, 6.45) is -0.874. The van der Waals surface area contributed by atoms with E-state index in [4.69, 9.17) is 28.4 Å². The van der Waals surface area contributed by atoms with E-state index in [0.29, 0.717) is 58.8 Å². The van der Waals surface area contributed by atoms with Crippen molar-refractivity contribution in [1.82, 2.24) is 0 Å². The van der Waals surface area contributed by atoms with E-state index in [1.54, 1.807) is 0 Å². The number of rotatable bonds is 16. The zero-order valence-corrected chi connectivity index (χ0v) is 31.4. The topological polar surface area (TPSA) is 72.5 Å². The number of hydrogen-bond acceptors (Lipinski definition) is 7. The molecule has 0 saturated carbocycles. The van der Waals surface area contributed by atoms with Gasteiger partial charge >= 0.3 is 0 Å². The van der Waals surface area contributed by atoms with Gasteiger partial charge in [-0.1, -0.05) is 152 Å². The molecule has 284 valence electrons. The van der Waals surface area contributed by atoms with Crippen LogP contribution in [0.2, 0.25) is 0 Å². The normalized spacial score (nSPS) is 13.2. The molecule has 0 radical (unpaired) electrons. The quantitative estimate of drug-likeness (QED) is 0.0972. The van der Waals surface area contributed by atoms with E-state index in [1.807, 2.05) is 176 Å². The average Bonchev–Trinajstić information content (AvgIpc) is 3.27. The van der Waals surface area contributed by atoms with E-state index in [0.717, 1.165) is 27.8 Å². The van der Waals surface area contributed by atoms with Gasteiger partial charge in [0.15, 0.2) is 23.4 Å². The van der Waals surface area contributed by atoms with Crippen LogP contribution in [0.15, 0.2) is 176 Å². The fraction of sp³-hybridized carbons (Fsp3) is 0.140. The summed E-state index contributed by atoms with van der Waals surface area (Å²) in [5.74, 6) is 2.79. The van der Waals surface area contributed by atoms with Crippen molar-refractivity contribution in [1.29, 1.82) is 0 Å². The smallest absolute Gasteiger partial charge is 0.203 e. The molecular formula is C50H42O7. The minimum absolute atomic E-state index is 0.0930. The minimum atomic E-state index is -0.967. The lowest BCUT2D eigenvalue weighted by Gasteiger charge is -2.28. The summed E-state index contributed by atoms with van der Waals surface area (Å²) in [6.45, 7) is 1.51. The van der Waals surface area contributed by atoms with Crippen molar-refractivity contribution in [2.75, 3.05) is 0 Å². The van der Waals surface area contributed by atoms with Gasteiger partial charge in [-0.2, -0.15) is 0 Å².